The molecule has 3 rings (SSSR count). The average molecular weight is 362 g/mol. The molecule has 0 bridgehead atoms. The summed E-state index contributed by atoms with van der Waals surface area (Å²) < 4.78 is 1.76. The van der Waals surface area contributed by atoms with Gasteiger partial charge in [0.2, 0.25) is 11.1 Å². The second-order valence-corrected chi connectivity index (χ2v) is 7.85. The van der Waals surface area contributed by atoms with E-state index in [-0.39, 0.29) is 5.91 Å². The van der Waals surface area contributed by atoms with E-state index in [2.05, 4.69) is 20.4 Å². The zero-order valence-electron chi connectivity index (χ0n) is 15.3. The molecular formula is C18H27N5OS. The maximum atomic E-state index is 12.3. The quantitative estimate of drug-likeness (QED) is 0.845. The molecule has 0 spiro atoms. The van der Waals surface area contributed by atoms with Crippen molar-refractivity contribution in [2.24, 2.45) is 0 Å². The van der Waals surface area contributed by atoms with Crippen LogP contribution in [0.15, 0.2) is 5.16 Å². The summed E-state index contributed by atoms with van der Waals surface area (Å²) in [6, 6.07) is 0.330. The number of carbonyl (C=O) groups excluding carboxylic acids is 1. The lowest BCUT2D eigenvalue weighted by molar-refractivity contribution is -0.119. The van der Waals surface area contributed by atoms with Crippen molar-refractivity contribution in [3.63, 3.8) is 0 Å². The van der Waals surface area contributed by atoms with Crippen LogP contribution in [0.1, 0.15) is 61.9 Å². The van der Waals surface area contributed by atoms with Gasteiger partial charge in [-0.3, -0.25) is 4.79 Å². The van der Waals surface area contributed by atoms with Gasteiger partial charge in [0.15, 0.2) is 0 Å². The minimum Gasteiger partial charge on any atom is -0.353 e. The monoisotopic (exact) mass is 361 g/mol. The standard InChI is InChI=1S/C18H27N5OS/c1-12-13(2)19-17-21-18(22-23(17)14(12)3)25-11-16(24)20-15-9-7-5-4-6-8-10-15/h15H,4-11H2,1-3H3,(H,20,24). The number of hydrogen-bond donors (Lipinski definition) is 1. The molecule has 2 aromatic heterocycles. The van der Waals surface area contributed by atoms with E-state index in [1.54, 1.807) is 4.52 Å². The van der Waals surface area contributed by atoms with Gasteiger partial charge in [0.05, 0.1) is 5.75 Å². The van der Waals surface area contributed by atoms with Crippen LogP contribution in [0.5, 0.6) is 0 Å². The third-order valence-corrected chi connectivity index (χ3v) is 5.88. The zero-order chi connectivity index (χ0) is 17.8. The lowest BCUT2D eigenvalue weighted by Gasteiger charge is -2.20. The molecule has 136 valence electrons. The highest BCUT2D eigenvalue weighted by Crippen LogP contribution is 2.19. The van der Waals surface area contributed by atoms with E-state index in [0.29, 0.717) is 22.7 Å². The van der Waals surface area contributed by atoms with E-state index in [9.17, 15) is 4.79 Å². The Labute approximate surface area is 153 Å². The summed E-state index contributed by atoms with van der Waals surface area (Å²) in [5, 5.41) is 8.27. The molecule has 1 fully saturated rings. The van der Waals surface area contributed by atoms with E-state index in [4.69, 9.17) is 0 Å². The normalized spacial score (nSPS) is 16.6. The Bertz CT molecular complexity index is 749. The van der Waals surface area contributed by atoms with Gasteiger partial charge in [-0.15, -0.1) is 5.10 Å². The summed E-state index contributed by atoms with van der Waals surface area (Å²) in [6.07, 6.45) is 8.55. The van der Waals surface area contributed by atoms with Gasteiger partial charge in [-0.25, -0.2) is 9.50 Å². The Morgan fingerprint density at radius 1 is 1.12 bits per heavy atom. The number of fused-ring (bicyclic) bond motifs is 1. The summed E-state index contributed by atoms with van der Waals surface area (Å²) in [4.78, 5) is 21.2. The molecule has 1 aliphatic carbocycles. The first-order valence-electron chi connectivity index (χ1n) is 9.17. The Kier molecular flexibility index (Phi) is 5.93. The number of aryl methyl sites for hydroxylation is 2. The fraction of sp³-hybridized carbons (Fsp3) is 0.667. The van der Waals surface area contributed by atoms with Gasteiger partial charge in [0.25, 0.3) is 5.78 Å². The van der Waals surface area contributed by atoms with Crippen LogP contribution in [0.25, 0.3) is 5.78 Å². The lowest BCUT2D eigenvalue weighted by Crippen LogP contribution is -2.36. The molecule has 6 nitrogen and oxygen atoms in total. The summed E-state index contributed by atoms with van der Waals surface area (Å²) in [5.41, 5.74) is 3.13. The van der Waals surface area contributed by atoms with Gasteiger partial charge in [0, 0.05) is 17.4 Å². The van der Waals surface area contributed by atoms with Crippen molar-refractivity contribution in [2.45, 2.75) is 76.9 Å². The molecule has 1 aliphatic rings. The summed E-state index contributed by atoms with van der Waals surface area (Å²) >= 11 is 1.38. The second kappa shape index (κ2) is 8.17. The molecule has 0 aliphatic heterocycles. The van der Waals surface area contributed by atoms with Crippen LogP contribution in [0.3, 0.4) is 0 Å². The van der Waals surface area contributed by atoms with Crippen LogP contribution in [0.2, 0.25) is 0 Å². The molecule has 0 unspecified atom stereocenters. The highest BCUT2D eigenvalue weighted by atomic mass is 32.2. The van der Waals surface area contributed by atoms with E-state index in [1.807, 2.05) is 20.8 Å². The average Bonchev–Trinajstić information content (AvgIpc) is 2.96. The number of carbonyl (C=O) groups is 1. The highest BCUT2D eigenvalue weighted by molar-refractivity contribution is 7.99. The van der Waals surface area contributed by atoms with Crippen LogP contribution >= 0.6 is 11.8 Å². The molecule has 0 aromatic carbocycles. The topological polar surface area (TPSA) is 72.2 Å². The summed E-state index contributed by atoms with van der Waals surface area (Å²) in [6.45, 7) is 6.03. The first-order chi connectivity index (χ1) is 12.0. The third kappa shape index (κ3) is 4.51. The molecule has 7 heteroatoms. The number of aromatic nitrogens is 4. The Balaban J connectivity index is 1.58. The molecule has 0 atom stereocenters. The van der Waals surface area contributed by atoms with Crippen molar-refractivity contribution in [1.82, 2.24) is 24.9 Å². The number of nitrogens with zero attached hydrogens (tertiary/aromatic N) is 4. The Morgan fingerprint density at radius 2 is 1.80 bits per heavy atom. The van der Waals surface area contributed by atoms with Crippen LogP contribution in [-0.2, 0) is 4.79 Å². The first kappa shape index (κ1) is 18.2. The van der Waals surface area contributed by atoms with Crippen molar-refractivity contribution in [3.05, 3.63) is 17.0 Å². The number of thioether (sulfide) groups is 1. The predicted molar refractivity (Wildman–Crippen MR) is 100.0 cm³/mol. The van der Waals surface area contributed by atoms with Crippen molar-refractivity contribution in [1.29, 1.82) is 0 Å². The minimum atomic E-state index is 0.0754. The maximum absolute atomic E-state index is 12.3. The van der Waals surface area contributed by atoms with Crippen LogP contribution in [0, 0.1) is 20.8 Å². The summed E-state index contributed by atoms with van der Waals surface area (Å²) in [5.74, 6) is 1.03. The van der Waals surface area contributed by atoms with E-state index in [0.717, 1.165) is 29.8 Å². The van der Waals surface area contributed by atoms with Gasteiger partial charge in [-0.1, -0.05) is 43.9 Å². The fourth-order valence-corrected chi connectivity index (χ4v) is 3.93. The second-order valence-electron chi connectivity index (χ2n) is 6.91. The largest absolute Gasteiger partial charge is 0.353 e. The van der Waals surface area contributed by atoms with Gasteiger partial charge in [-0.2, -0.15) is 4.98 Å². The van der Waals surface area contributed by atoms with Crippen LogP contribution < -0.4 is 5.32 Å². The lowest BCUT2D eigenvalue weighted by atomic mass is 9.97. The Hall–Kier alpha value is -1.63. The van der Waals surface area contributed by atoms with Gasteiger partial charge >= 0.3 is 0 Å². The SMILES string of the molecule is Cc1nc2nc(SCC(=O)NC3CCCCCCC3)nn2c(C)c1C. The highest BCUT2D eigenvalue weighted by Gasteiger charge is 2.16. The molecule has 25 heavy (non-hydrogen) atoms. The van der Waals surface area contributed by atoms with Crippen LogP contribution in [-0.4, -0.2) is 37.3 Å². The molecule has 1 amide bonds. The van der Waals surface area contributed by atoms with E-state index in [1.165, 1.54) is 43.9 Å². The van der Waals surface area contributed by atoms with Crippen molar-refractivity contribution < 1.29 is 4.79 Å². The number of rotatable bonds is 4. The molecule has 2 heterocycles. The van der Waals surface area contributed by atoms with E-state index < -0.39 is 0 Å². The molecule has 1 N–H and O–H groups in total. The predicted octanol–water partition coefficient (Wildman–Crippen LogP) is 3.37. The third-order valence-electron chi connectivity index (χ3n) is 5.04. The summed E-state index contributed by atoms with van der Waals surface area (Å²) in [7, 11) is 0. The number of nitrogens with one attached hydrogen (secondary N) is 1. The number of amides is 1. The molecule has 2 aromatic rings. The van der Waals surface area contributed by atoms with Gasteiger partial charge < -0.3 is 5.32 Å². The minimum absolute atomic E-state index is 0.0754. The smallest absolute Gasteiger partial charge is 0.253 e. The van der Waals surface area contributed by atoms with Gasteiger partial charge in [0.1, 0.15) is 0 Å². The molecule has 1 saturated carbocycles. The number of hydrogen-bond acceptors (Lipinski definition) is 5. The zero-order valence-corrected chi connectivity index (χ0v) is 16.2. The van der Waals surface area contributed by atoms with Crippen molar-refractivity contribution in [3.8, 4) is 0 Å². The van der Waals surface area contributed by atoms with E-state index >= 15 is 0 Å². The maximum Gasteiger partial charge on any atom is 0.253 e. The van der Waals surface area contributed by atoms with Crippen molar-refractivity contribution in [2.75, 3.05) is 5.75 Å². The molecular weight excluding hydrogens is 334 g/mol. The Morgan fingerprint density at radius 3 is 2.52 bits per heavy atom. The first-order valence-corrected chi connectivity index (χ1v) is 10.2. The van der Waals surface area contributed by atoms with Crippen LogP contribution in [0.4, 0.5) is 0 Å². The molecule has 0 saturated heterocycles. The van der Waals surface area contributed by atoms with Crippen molar-refractivity contribution >= 4 is 23.4 Å². The molecule has 0 radical (unpaired) electrons. The van der Waals surface area contributed by atoms with Gasteiger partial charge in [-0.05, 0) is 39.2 Å². The fourth-order valence-electron chi connectivity index (χ4n) is 3.30.